The molecule has 1 N–H and O–H groups in total. The molecule has 0 bridgehead atoms. The number of carboxylic acid groups (broad SMARTS) is 1. The lowest BCUT2D eigenvalue weighted by atomic mass is 10.1. The highest BCUT2D eigenvalue weighted by molar-refractivity contribution is 6.30. The molecule has 100 valence electrons. The summed E-state index contributed by atoms with van der Waals surface area (Å²) in [5, 5.41) is 9.50. The molecule has 0 aliphatic heterocycles. The number of aromatic nitrogens is 1. The van der Waals surface area contributed by atoms with Crippen LogP contribution in [-0.4, -0.2) is 22.8 Å². The van der Waals surface area contributed by atoms with Gasteiger partial charge < -0.3 is 14.4 Å². The predicted molar refractivity (Wildman–Crippen MR) is 73.1 cm³/mol. The average molecular weight is 280 g/mol. The molecular weight excluding hydrogens is 266 g/mol. The number of benzene rings is 1. The molecule has 0 spiro atoms. The summed E-state index contributed by atoms with van der Waals surface area (Å²) in [6, 6.07) is 9.13. The third-order valence-electron chi connectivity index (χ3n) is 2.90. The molecule has 0 aliphatic carbocycles. The van der Waals surface area contributed by atoms with Crippen LogP contribution in [-0.2, 0) is 13.0 Å². The zero-order valence-electron chi connectivity index (χ0n) is 10.5. The van der Waals surface area contributed by atoms with Gasteiger partial charge in [-0.2, -0.15) is 0 Å². The third-order valence-corrected chi connectivity index (χ3v) is 3.10. The highest BCUT2D eigenvalue weighted by Gasteiger charge is 2.12. The molecule has 19 heavy (non-hydrogen) atoms. The van der Waals surface area contributed by atoms with E-state index in [0.29, 0.717) is 18.0 Å². The van der Waals surface area contributed by atoms with Gasteiger partial charge in [0.15, 0.2) is 0 Å². The summed E-state index contributed by atoms with van der Waals surface area (Å²) in [6.45, 7) is 0.536. The van der Waals surface area contributed by atoms with Crippen molar-refractivity contribution in [3.05, 3.63) is 52.8 Å². The Balaban J connectivity index is 2.16. The monoisotopic (exact) mass is 279 g/mol. The molecule has 2 aromatic rings. The number of aryl methyl sites for hydroxylation is 2. The van der Waals surface area contributed by atoms with Crippen LogP contribution in [0.1, 0.15) is 16.1 Å². The predicted octanol–water partition coefficient (Wildman–Crippen LogP) is 3.09. The van der Waals surface area contributed by atoms with Crippen LogP contribution in [0.25, 0.3) is 0 Å². The van der Waals surface area contributed by atoms with Crippen LogP contribution in [0, 0.1) is 0 Å². The first-order valence-electron chi connectivity index (χ1n) is 5.82. The van der Waals surface area contributed by atoms with E-state index >= 15 is 0 Å². The largest absolute Gasteiger partial charge is 0.496 e. The molecule has 0 fully saturated rings. The molecule has 0 saturated heterocycles. The maximum atomic E-state index is 11.1. The van der Waals surface area contributed by atoms with Gasteiger partial charge in [-0.1, -0.05) is 29.8 Å². The lowest BCUT2D eigenvalue weighted by Gasteiger charge is -2.09. The topological polar surface area (TPSA) is 51.5 Å². The highest BCUT2D eigenvalue weighted by Crippen LogP contribution is 2.20. The Morgan fingerprint density at radius 2 is 2.16 bits per heavy atom. The first-order chi connectivity index (χ1) is 9.11. The number of para-hydroxylation sites is 1. The zero-order valence-corrected chi connectivity index (χ0v) is 11.2. The van der Waals surface area contributed by atoms with Crippen LogP contribution < -0.4 is 4.74 Å². The van der Waals surface area contributed by atoms with Crippen LogP contribution in [0.15, 0.2) is 36.5 Å². The highest BCUT2D eigenvalue weighted by atomic mass is 35.5. The van der Waals surface area contributed by atoms with Gasteiger partial charge in [0.1, 0.15) is 11.4 Å². The molecule has 1 aromatic heterocycles. The lowest BCUT2D eigenvalue weighted by molar-refractivity contribution is 0.0685. The van der Waals surface area contributed by atoms with Crippen molar-refractivity contribution in [2.45, 2.75) is 13.0 Å². The second kappa shape index (κ2) is 5.80. The Morgan fingerprint density at radius 3 is 2.84 bits per heavy atom. The van der Waals surface area contributed by atoms with E-state index in [1.54, 1.807) is 17.9 Å². The van der Waals surface area contributed by atoms with E-state index in [9.17, 15) is 4.79 Å². The van der Waals surface area contributed by atoms with Gasteiger partial charge in [0.2, 0.25) is 0 Å². The number of methoxy groups -OCH3 is 1. The van der Waals surface area contributed by atoms with Crippen molar-refractivity contribution >= 4 is 17.6 Å². The summed E-state index contributed by atoms with van der Waals surface area (Å²) < 4.78 is 6.90. The Morgan fingerprint density at radius 1 is 1.42 bits per heavy atom. The summed E-state index contributed by atoms with van der Waals surface area (Å²) in [6.07, 6.45) is 2.30. The number of aromatic carboxylic acids is 1. The Kier molecular flexibility index (Phi) is 4.12. The Bertz CT molecular complexity index is 592. The maximum Gasteiger partial charge on any atom is 0.352 e. The minimum atomic E-state index is -0.980. The molecule has 2 rings (SSSR count). The quantitative estimate of drug-likeness (QED) is 0.915. The Labute approximate surface area is 116 Å². The standard InChI is InChI=1S/C14H14ClNO3/c1-19-13-5-3-2-4-10(13)6-7-16-9-11(15)8-12(16)14(17)18/h2-5,8-9H,6-7H2,1H3,(H,17,18). The van der Waals surface area contributed by atoms with Crippen molar-refractivity contribution in [3.63, 3.8) is 0 Å². The zero-order chi connectivity index (χ0) is 13.8. The molecule has 0 aliphatic rings. The van der Waals surface area contributed by atoms with Crippen LogP contribution in [0.3, 0.4) is 0 Å². The smallest absolute Gasteiger partial charge is 0.352 e. The van der Waals surface area contributed by atoms with Gasteiger partial charge in [0.25, 0.3) is 0 Å². The summed E-state index contributed by atoms with van der Waals surface area (Å²) in [5.74, 6) is -0.176. The molecule has 5 heteroatoms. The van der Waals surface area contributed by atoms with Crippen molar-refractivity contribution in [2.75, 3.05) is 7.11 Å². The fourth-order valence-corrected chi connectivity index (χ4v) is 2.21. The number of ether oxygens (including phenoxy) is 1. The van der Waals surface area contributed by atoms with Gasteiger partial charge in [-0.15, -0.1) is 0 Å². The van der Waals surface area contributed by atoms with E-state index in [2.05, 4.69) is 0 Å². The minimum absolute atomic E-state index is 0.194. The summed E-state index contributed by atoms with van der Waals surface area (Å²) in [7, 11) is 1.62. The molecule has 4 nitrogen and oxygen atoms in total. The second-order valence-electron chi connectivity index (χ2n) is 4.10. The normalized spacial score (nSPS) is 10.4. The number of hydrogen-bond donors (Lipinski definition) is 1. The van der Waals surface area contributed by atoms with Crippen molar-refractivity contribution < 1.29 is 14.6 Å². The maximum absolute atomic E-state index is 11.1. The van der Waals surface area contributed by atoms with Gasteiger partial charge >= 0.3 is 5.97 Å². The van der Waals surface area contributed by atoms with E-state index < -0.39 is 5.97 Å². The van der Waals surface area contributed by atoms with E-state index in [1.165, 1.54) is 6.07 Å². The summed E-state index contributed by atoms with van der Waals surface area (Å²) >= 11 is 5.84. The molecule has 0 unspecified atom stereocenters. The number of carbonyl (C=O) groups is 1. The molecule has 1 aromatic carbocycles. The van der Waals surface area contributed by atoms with Gasteiger partial charge in [0, 0.05) is 12.7 Å². The van der Waals surface area contributed by atoms with Crippen molar-refractivity contribution in [3.8, 4) is 5.75 Å². The number of carboxylic acids is 1. The Hall–Kier alpha value is -1.94. The van der Waals surface area contributed by atoms with Gasteiger partial charge in [-0.25, -0.2) is 4.79 Å². The van der Waals surface area contributed by atoms with Crippen LogP contribution in [0.5, 0.6) is 5.75 Å². The van der Waals surface area contributed by atoms with Crippen LogP contribution >= 0.6 is 11.6 Å². The summed E-state index contributed by atoms with van der Waals surface area (Å²) in [5.41, 5.74) is 1.23. The van der Waals surface area contributed by atoms with E-state index in [4.69, 9.17) is 21.4 Å². The van der Waals surface area contributed by atoms with Crippen molar-refractivity contribution in [1.29, 1.82) is 0 Å². The van der Waals surface area contributed by atoms with Crippen molar-refractivity contribution in [2.24, 2.45) is 0 Å². The number of rotatable bonds is 5. The molecular formula is C14H14ClNO3. The van der Waals surface area contributed by atoms with Crippen molar-refractivity contribution in [1.82, 2.24) is 4.57 Å². The molecule has 0 radical (unpaired) electrons. The number of hydrogen-bond acceptors (Lipinski definition) is 2. The van der Waals surface area contributed by atoms with Crippen LogP contribution in [0.4, 0.5) is 0 Å². The fraction of sp³-hybridized carbons (Fsp3) is 0.214. The molecule has 1 heterocycles. The molecule has 0 saturated carbocycles. The number of nitrogens with zero attached hydrogens (tertiary/aromatic N) is 1. The van der Waals surface area contributed by atoms with Gasteiger partial charge in [0.05, 0.1) is 12.1 Å². The minimum Gasteiger partial charge on any atom is -0.496 e. The van der Waals surface area contributed by atoms with Crippen LogP contribution in [0.2, 0.25) is 5.02 Å². The van der Waals surface area contributed by atoms with Gasteiger partial charge in [-0.05, 0) is 24.1 Å². The van der Waals surface area contributed by atoms with Gasteiger partial charge in [-0.3, -0.25) is 0 Å². The third kappa shape index (κ3) is 3.09. The van der Waals surface area contributed by atoms with E-state index in [-0.39, 0.29) is 5.69 Å². The SMILES string of the molecule is COc1ccccc1CCn1cc(Cl)cc1C(=O)O. The molecule has 0 atom stereocenters. The first kappa shape index (κ1) is 13.5. The lowest BCUT2D eigenvalue weighted by Crippen LogP contribution is -2.09. The first-order valence-corrected chi connectivity index (χ1v) is 6.20. The fourth-order valence-electron chi connectivity index (χ4n) is 1.99. The van der Waals surface area contributed by atoms with E-state index in [1.807, 2.05) is 24.3 Å². The molecule has 0 amide bonds. The summed E-state index contributed by atoms with van der Waals surface area (Å²) in [4.78, 5) is 11.1. The average Bonchev–Trinajstić information content (AvgIpc) is 2.78. The number of halogens is 1. The van der Waals surface area contributed by atoms with E-state index in [0.717, 1.165) is 11.3 Å². The second-order valence-corrected chi connectivity index (χ2v) is 4.54.